The van der Waals surface area contributed by atoms with E-state index >= 15 is 0 Å². The largest absolute Gasteiger partial charge is 0.381 e. The molecule has 21 heavy (non-hydrogen) atoms. The normalized spacial score (nSPS) is 10.5. The summed E-state index contributed by atoms with van der Waals surface area (Å²) in [7, 11) is 1.58. The number of carbonyl (C=O) groups is 1. The summed E-state index contributed by atoms with van der Waals surface area (Å²) in [5.41, 5.74) is 2.27. The molecular weight excluding hydrogens is 274 g/mol. The van der Waals surface area contributed by atoms with Gasteiger partial charge in [-0.05, 0) is 23.8 Å². The fourth-order valence-electron chi connectivity index (χ4n) is 1.90. The van der Waals surface area contributed by atoms with E-state index in [-0.39, 0.29) is 11.5 Å². The standard InChI is InChI=1S/C16H16F2N2O/c1-19-16(21)13-3-2-4-14(9-13)20-10-11-5-7-12(8-6-11)15(17)18/h2-9,15,20H,10H2,1H3,(H,19,21). The fourth-order valence-corrected chi connectivity index (χ4v) is 1.90. The predicted octanol–water partition coefficient (Wildman–Crippen LogP) is 3.60. The van der Waals surface area contributed by atoms with E-state index in [0.29, 0.717) is 12.1 Å². The Balaban J connectivity index is 2.01. The van der Waals surface area contributed by atoms with Gasteiger partial charge in [0.2, 0.25) is 0 Å². The second-order valence-electron chi connectivity index (χ2n) is 4.56. The Bertz CT molecular complexity index is 612. The van der Waals surface area contributed by atoms with Crippen LogP contribution in [0.3, 0.4) is 0 Å². The summed E-state index contributed by atoms with van der Waals surface area (Å²) in [5.74, 6) is -0.153. The molecule has 2 aromatic rings. The topological polar surface area (TPSA) is 41.1 Å². The maximum atomic E-state index is 12.4. The van der Waals surface area contributed by atoms with Gasteiger partial charge in [0.1, 0.15) is 0 Å². The van der Waals surface area contributed by atoms with Gasteiger partial charge in [-0.2, -0.15) is 0 Å². The molecule has 110 valence electrons. The average molecular weight is 290 g/mol. The van der Waals surface area contributed by atoms with Gasteiger partial charge >= 0.3 is 0 Å². The molecule has 0 saturated carbocycles. The lowest BCUT2D eigenvalue weighted by molar-refractivity contribution is 0.0963. The molecular formula is C16H16F2N2O. The van der Waals surface area contributed by atoms with Gasteiger partial charge in [0.25, 0.3) is 12.3 Å². The highest BCUT2D eigenvalue weighted by atomic mass is 19.3. The number of halogens is 2. The first-order chi connectivity index (χ1) is 10.1. The lowest BCUT2D eigenvalue weighted by Gasteiger charge is -2.09. The van der Waals surface area contributed by atoms with E-state index in [1.807, 2.05) is 6.07 Å². The zero-order valence-electron chi connectivity index (χ0n) is 11.6. The zero-order chi connectivity index (χ0) is 15.2. The van der Waals surface area contributed by atoms with Crippen molar-refractivity contribution in [3.63, 3.8) is 0 Å². The number of carbonyl (C=O) groups excluding carboxylic acids is 1. The van der Waals surface area contributed by atoms with Crippen LogP contribution in [0.1, 0.15) is 27.9 Å². The lowest BCUT2D eigenvalue weighted by Crippen LogP contribution is -2.17. The van der Waals surface area contributed by atoms with E-state index in [2.05, 4.69) is 10.6 Å². The molecule has 0 aliphatic heterocycles. The number of hydrogen-bond donors (Lipinski definition) is 2. The molecule has 0 heterocycles. The molecule has 0 aliphatic carbocycles. The molecule has 0 radical (unpaired) electrons. The third-order valence-electron chi connectivity index (χ3n) is 3.08. The van der Waals surface area contributed by atoms with E-state index in [0.717, 1.165) is 11.3 Å². The molecule has 5 heteroatoms. The van der Waals surface area contributed by atoms with Crippen molar-refractivity contribution in [2.24, 2.45) is 0 Å². The zero-order valence-corrected chi connectivity index (χ0v) is 11.6. The Morgan fingerprint density at radius 1 is 1.14 bits per heavy atom. The third-order valence-corrected chi connectivity index (χ3v) is 3.08. The lowest BCUT2D eigenvalue weighted by atomic mass is 10.1. The second-order valence-corrected chi connectivity index (χ2v) is 4.56. The van der Waals surface area contributed by atoms with Crippen LogP contribution in [0.4, 0.5) is 14.5 Å². The van der Waals surface area contributed by atoms with Gasteiger partial charge in [0.05, 0.1) is 0 Å². The van der Waals surface area contributed by atoms with Gasteiger partial charge in [0, 0.05) is 30.4 Å². The molecule has 2 N–H and O–H groups in total. The molecule has 0 unspecified atom stereocenters. The molecule has 0 fully saturated rings. The highest BCUT2D eigenvalue weighted by molar-refractivity contribution is 5.94. The van der Waals surface area contributed by atoms with E-state index in [9.17, 15) is 13.6 Å². The summed E-state index contributed by atoms with van der Waals surface area (Å²) < 4.78 is 24.9. The van der Waals surface area contributed by atoms with Crippen molar-refractivity contribution in [2.75, 3.05) is 12.4 Å². The van der Waals surface area contributed by atoms with Gasteiger partial charge in [-0.3, -0.25) is 4.79 Å². The van der Waals surface area contributed by atoms with Gasteiger partial charge in [-0.15, -0.1) is 0 Å². The summed E-state index contributed by atoms with van der Waals surface area (Å²) in [5, 5.41) is 5.72. The van der Waals surface area contributed by atoms with Gasteiger partial charge in [-0.25, -0.2) is 8.78 Å². The number of hydrogen-bond acceptors (Lipinski definition) is 2. The molecule has 0 saturated heterocycles. The van der Waals surface area contributed by atoms with Crippen molar-refractivity contribution < 1.29 is 13.6 Å². The molecule has 0 bridgehead atoms. The van der Waals surface area contributed by atoms with Crippen LogP contribution in [-0.2, 0) is 6.54 Å². The Labute approximate surface area is 122 Å². The number of rotatable bonds is 5. The van der Waals surface area contributed by atoms with Gasteiger partial charge in [-0.1, -0.05) is 30.3 Å². The first-order valence-electron chi connectivity index (χ1n) is 6.53. The van der Waals surface area contributed by atoms with Crippen LogP contribution in [0, 0.1) is 0 Å². The molecule has 3 nitrogen and oxygen atoms in total. The molecule has 0 aliphatic rings. The van der Waals surface area contributed by atoms with E-state index < -0.39 is 6.43 Å². The van der Waals surface area contributed by atoms with Crippen LogP contribution in [0.25, 0.3) is 0 Å². The molecule has 0 aromatic heterocycles. The van der Waals surface area contributed by atoms with Crippen LogP contribution >= 0.6 is 0 Å². The van der Waals surface area contributed by atoms with Crippen molar-refractivity contribution in [3.8, 4) is 0 Å². The maximum Gasteiger partial charge on any atom is 0.263 e. The molecule has 2 aromatic carbocycles. The van der Waals surface area contributed by atoms with E-state index in [1.54, 1.807) is 37.4 Å². The van der Waals surface area contributed by atoms with E-state index in [1.165, 1.54) is 12.1 Å². The quantitative estimate of drug-likeness (QED) is 0.883. The Kier molecular flexibility index (Phi) is 4.87. The number of benzene rings is 2. The highest BCUT2D eigenvalue weighted by Crippen LogP contribution is 2.19. The van der Waals surface area contributed by atoms with Crippen LogP contribution in [0.5, 0.6) is 0 Å². The van der Waals surface area contributed by atoms with E-state index in [4.69, 9.17) is 0 Å². The smallest absolute Gasteiger partial charge is 0.263 e. The number of anilines is 1. The first kappa shape index (κ1) is 15.0. The number of alkyl halides is 2. The van der Waals surface area contributed by atoms with Crippen LogP contribution < -0.4 is 10.6 Å². The molecule has 0 spiro atoms. The minimum Gasteiger partial charge on any atom is -0.381 e. The number of amides is 1. The highest BCUT2D eigenvalue weighted by Gasteiger charge is 2.06. The summed E-state index contributed by atoms with van der Waals surface area (Å²) in [6.07, 6.45) is -2.45. The fraction of sp³-hybridized carbons (Fsp3) is 0.188. The Morgan fingerprint density at radius 3 is 2.48 bits per heavy atom. The van der Waals surface area contributed by atoms with Crippen molar-refractivity contribution in [2.45, 2.75) is 13.0 Å². The predicted molar refractivity (Wildman–Crippen MR) is 78.6 cm³/mol. The first-order valence-corrected chi connectivity index (χ1v) is 6.53. The van der Waals surface area contributed by atoms with Gasteiger partial charge in [0.15, 0.2) is 0 Å². The molecule has 2 rings (SSSR count). The minimum absolute atomic E-state index is 0.0142. The van der Waals surface area contributed by atoms with Crippen LogP contribution in [0.15, 0.2) is 48.5 Å². The Morgan fingerprint density at radius 2 is 1.86 bits per heavy atom. The third kappa shape index (κ3) is 4.02. The van der Waals surface area contributed by atoms with Crippen molar-refractivity contribution >= 4 is 11.6 Å². The minimum atomic E-state index is -2.45. The monoisotopic (exact) mass is 290 g/mol. The van der Waals surface area contributed by atoms with Crippen molar-refractivity contribution in [1.82, 2.24) is 5.32 Å². The van der Waals surface area contributed by atoms with Crippen molar-refractivity contribution in [1.29, 1.82) is 0 Å². The Hall–Kier alpha value is -2.43. The average Bonchev–Trinajstić information content (AvgIpc) is 2.52. The summed E-state index contributed by atoms with van der Waals surface area (Å²) in [6.45, 7) is 0.501. The van der Waals surface area contributed by atoms with Crippen LogP contribution in [-0.4, -0.2) is 13.0 Å². The summed E-state index contributed by atoms with van der Waals surface area (Å²) in [6, 6.07) is 13.3. The summed E-state index contributed by atoms with van der Waals surface area (Å²) >= 11 is 0. The molecule has 1 amide bonds. The second kappa shape index (κ2) is 6.83. The van der Waals surface area contributed by atoms with Crippen LogP contribution in [0.2, 0.25) is 0 Å². The van der Waals surface area contributed by atoms with Crippen molar-refractivity contribution in [3.05, 3.63) is 65.2 Å². The number of nitrogens with one attached hydrogen (secondary N) is 2. The van der Waals surface area contributed by atoms with Gasteiger partial charge < -0.3 is 10.6 Å². The maximum absolute atomic E-state index is 12.4. The summed E-state index contributed by atoms with van der Waals surface area (Å²) in [4.78, 5) is 11.5. The molecule has 0 atom stereocenters. The SMILES string of the molecule is CNC(=O)c1cccc(NCc2ccc(C(F)F)cc2)c1.